The van der Waals surface area contributed by atoms with Crippen LogP contribution in [0.2, 0.25) is 0 Å². The standard InChI is InChI=1S/C23H23N3O3/c27-21(12-13-22-24-16-20(29-22)17-6-2-1-3-7-17)25-19-10-8-18(9-11-19)23(28)26-14-4-5-15-26/h1-3,6-11,16H,4-5,12-15H2,(H,25,27). The minimum Gasteiger partial charge on any atom is -0.441 e. The average molecular weight is 389 g/mol. The number of carbonyl (C=O) groups is 2. The number of nitrogens with one attached hydrogen (secondary N) is 1. The lowest BCUT2D eigenvalue weighted by Gasteiger charge is -2.15. The highest BCUT2D eigenvalue weighted by Crippen LogP contribution is 2.20. The second-order valence-corrected chi connectivity index (χ2v) is 7.11. The quantitative estimate of drug-likeness (QED) is 0.687. The van der Waals surface area contributed by atoms with E-state index in [1.165, 1.54) is 0 Å². The molecule has 0 aliphatic carbocycles. The molecule has 1 aliphatic heterocycles. The molecule has 6 nitrogen and oxygen atoms in total. The van der Waals surface area contributed by atoms with E-state index in [4.69, 9.17) is 4.42 Å². The molecular formula is C23H23N3O3. The molecule has 0 saturated carbocycles. The molecule has 1 aliphatic rings. The Balaban J connectivity index is 1.28. The van der Waals surface area contributed by atoms with Crippen LogP contribution >= 0.6 is 0 Å². The Labute approximate surface area is 169 Å². The molecular weight excluding hydrogens is 366 g/mol. The normalized spacial score (nSPS) is 13.4. The van der Waals surface area contributed by atoms with Gasteiger partial charge < -0.3 is 14.6 Å². The molecule has 0 radical (unpaired) electrons. The Morgan fingerprint density at radius 1 is 1.00 bits per heavy atom. The van der Waals surface area contributed by atoms with E-state index in [0.717, 1.165) is 31.5 Å². The topological polar surface area (TPSA) is 75.4 Å². The Hall–Kier alpha value is -3.41. The van der Waals surface area contributed by atoms with Gasteiger partial charge in [-0.25, -0.2) is 4.98 Å². The van der Waals surface area contributed by atoms with Gasteiger partial charge in [0.2, 0.25) is 5.91 Å². The van der Waals surface area contributed by atoms with Gasteiger partial charge in [-0.2, -0.15) is 0 Å². The van der Waals surface area contributed by atoms with E-state index in [0.29, 0.717) is 29.3 Å². The van der Waals surface area contributed by atoms with Crippen molar-refractivity contribution in [3.63, 3.8) is 0 Å². The molecule has 1 N–H and O–H groups in total. The van der Waals surface area contributed by atoms with Crippen LogP contribution in [-0.2, 0) is 11.2 Å². The van der Waals surface area contributed by atoms with Crippen LogP contribution in [-0.4, -0.2) is 34.8 Å². The van der Waals surface area contributed by atoms with Gasteiger partial charge in [0.05, 0.1) is 6.20 Å². The maximum absolute atomic E-state index is 12.4. The second-order valence-electron chi connectivity index (χ2n) is 7.11. The highest BCUT2D eigenvalue weighted by Gasteiger charge is 2.19. The molecule has 0 spiro atoms. The fourth-order valence-corrected chi connectivity index (χ4v) is 3.40. The van der Waals surface area contributed by atoms with Gasteiger partial charge in [-0.1, -0.05) is 30.3 Å². The van der Waals surface area contributed by atoms with Crippen molar-refractivity contribution in [2.24, 2.45) is 0 Å². The van der Waals surface area contributed by atoms with Crippen molar-refractivity contribution >= 4 is 17.5 Å². The van der Waals surface area contributed by atoms with E-state index in [2.05, 4.69) is 10.3 Å². The van der Waals surface area contributed by atoms with Gasteiger partial charge >= 0.3 is 0 Å². The van der Waals surface area contributed by atoms with Gasteiger partial charge in [0, 0.05) is 42.7 Å². The summed E-state index contributed by atoms with van der Waals surface area (Å²) in [7, 11) is 0. The van der Waals surface area contributed by atoms with Crippen LogP contribution in [0.5, 0.6) is 0 Å². The summed E-state index contributed by atoms with van der Waals surface area (Å²) in [6, 6.07) is 16.8. The zero-order valence-electron chi connectivity index (χ0n) is 16.1. The molecule has 29 heavy (non-hydrogen) atoms. The summed E-state index contributed by atoms with van der Waals surface area (Å²) in [6.45, 7) is 1.65. The van der Waals surface area contributed by atoms with Crippen LogP contribution in [0.3, 0.4) is 0 Å². The maximum Gasteiger partial charge on any atom is 0.253 e. The van der Waals surface area contributed by atoms with Crippen LogP contribution < -0.4 is 5.32 Å². The molecule has 2 amide bonds. The van der Waals surface area contributed by atoms with Crippen LogP contribution in [0.4, 0.5) is 5.69 Å². The number of benzene rings is 2. The Kier molecular flexibility index (Phi) is 5.70. The number of aryl methyl sites for hydroxylation is 1. The lowest BCUT2D eigenvalue weighted by atomic mass is 10.1. The fourth-order valence-electron chi connectivity index (χ4n) is 3.40. The first kappa shape index (κ1) is 18.9. The zero-order chi connectivity index (χ0) is 20.1. The molecule has 148 valence electrons. The van der Waals surface area contributed by atoms with E-state index in [-0.39, 0.29) is 18.2 Å². The first-order valence-corrected chi connectivity index (χ1v) is 9.88. The van der Waals surface area contributed by atoms with Gasteiger partial charge in [0.25, 0.3) is 5.91 Å². The van der Waals surface area contributed by atoms with Crippen LogP contribution in [0.15, 0.2) is 65.2 Å². The molecule has 1 fully saturated rings. The zero-order valence-corrected chi connectivity index (χ0v) is 16.1. The number of anilines is 1. The Morgan fingerprint density at radius 2 is 1.72 bits per heavy atom. The second kappa shape index (κ2) is 8.73. The summed E-state index contributed by atoms with van der Waals surface area (Å²) < 4.78 is 5.73. The van der Waals surface area contributed by atoms with Crippen LogP contribution in [0.25, 0.3) is 11.3 Å². The van der Waals surface area contributed by atoms with Crippen LogP contribution in [0.1, 0.15) is 35.5 Å². The molecule has 0 bridgehead atoms. The van der Waals surface area contributed by atoms with Gasteiger partial charge in [-0.3, -0.25) is 9.59 Å². The van der Waals surface area contributed by atoms with Gasteiger partial charge in [0.15, 0.2) is 11.7 Å². The highest BCUT2D eigenvalue weighted by molar-refractivity contribution is 5.96. The highest BCUT2D eigenvalue weighted by atomic mass is 16.4. The first-order valence-electron chi connectivity index (χ1n) is 9.88. The van der Waals surface area contributed by atoms with Crippen molar-refractivity contribution in [3.8, 4) is 11.3 Å². The molecule has 1 saturated heterocycles. The van der Waals surface area contributed by atoms with Crippen molar-refractivity contribution in [2.45, 2.75) is 25.7 Å². The SMILES string of the molecule is O=C(CCc1ncc(-c2ccccc2)o1)Nc1ccc(C(=O)N2CCCC2)cc1. The third-order valence-corrected chi connectivity index (χ3v) is 4.99. The number of carbonyl (C=O) groups excluding carboxylic acids is 2. The molecule has 1 aromatic heterocycles. The van der Waals surface area contributed by atoms with Crippen molar-refractivity contribution in [3.05, 3.63) is 72.2 Å². The van der Waals surface area contributed by atoms with Gasteiger partial charge in [-0.15, -0.1) is 0 Å². The molecule has 0 atom stereocenters. The van der Waals surface area contributed by atoms with Crippen molar-refractivity contribution in [2.75, 3.05) is 18.4 Å². The molecule has 2 aromatic carbocycles. The number of rotatable bonds is 6. The van der Waals surface area contributed by atoms with E-state index in [9.17, 15) is 9.59 Å². The molecule has 4 rings (SSSR count). The number of amides is 2. The van der Waals surface area contributed by atoms with Crippen molar-refractivity contribution in [1.82, 2.24) is 9.88 Å². The molecule has 3 aromatic rings. The minimum atomic E-state index is -0.122. The van der Waals surface area contributed by atoms with Crippen molar-refractivity contribution < 1.29 is 14.0 Å². The monoisotopic (exact) mass is 389 g/mol. The lowest BCUT2D eigenvalue weighted by molar-refractivity contribution is -0.116. The lowest BCUT2D eigenvalue weighted by Crippen LogP contribution is -2.27. The maximum atomic E-state index is 12.4. The van der Waals surface area contributed by atoms with E-state index in [1.807, 2.05) is 35.2 Å². The third kappa shape index (κ3) is 4.71. The number of likely N-dealkylation sites (tertiary alicyclic amines) is 1. The summed E-state index contributed by atoms with van der Waals surface area (Å²) in [5.41, 5.74) is 2.28. The molecule has 2 heterocycles. The number of oxazole rings is 1. The summed E-state index contributed by atoms with van der Waals surface area (Å²) in [4.78, 5) is 30.7. The van der Waals surface area contributed by atoms with Gasteiger partial charge in [0.1, 0.15) is 0 Å². The Morgan fingerprint density at radius 3 is 2.45 bits per heavy atom. The van der Waals surface area contributed by atoms with Crippen molar-refractivity contribution in [1.29, 1.82) is 0 Å². The van der Waals surface area contributed by atoms with E-state index >= 15 is 0 Å². The summed E-state index contributed by atoms with van der Waals surface area (Å²) in [6.07, 6.45) is 4.50. The largest absolute Gasteiger partial charge is 0.441 e. The van der Waals surface area contributed by atoms with E-state index < -0.39 is 0 Å². The predicted molar refractivity (Wildman–Crippen MR) is 110 cm³/mol. The van der Waals surface area contributed by atoms with Crippen LogP contribution in [0, 0.1) is 0 Å². The minimum absolute atomic E-state index is 0.0542. The molecule has 0 unspecified atom stereocenters. The number of hydrogen-bond acceptors (Lipinski definition) is 4. The summed E-state index contributed by atoms with van der Waals surface area (Å²) in [5, 5.41) is 2.85. The first-order chi connectivity index (χ1) is 14.2. The van der Waals surface area contributed by atoms with E-state index in [1.54, 1.807) is 30.5 Å². The fraction of sp³-hybridized carbons (Fsp3) is 0.261. The smallest absolute Gasteiger partial charge is 0.253 e. The Bertz CT molecular complexity index is 974. The summed E-state index contributed by atoms with van der Waals surface area (Å²) in [5.74, 6) is 1.16. The number of hydrogen-bond donors (Lipinski definition) is 1. The summed E-state index contributed by atoms with van der Waals surface area (Å²) >= 11 is 0. The number of aromatic nitrogens is 1. The average Bonchev–Trinajstić information content (AvgIpc) is 3.45. The third-order valence-electron chi connectivity index (χ3n) is 4.99. The number of nitrogens with zero attached hydrogens (tertiary/aromatic N) is 2. The molecule has 6 heteroatoms. The van der Waals surface area contributed by atoms with Gasteiger partial charge in [-0.05, 0) is 37.1 Å². The predicted octanol–water partition coefficient (Wildman–Crippen LogP) is 4.15.